The molecule has 2 amide bonds. The Kier molecular flexibility index (Phi) is 3.44. The van der Waals surface area contributed by atoms with Gasteiger partial charge < -0.3 is 4.42 Å². The highest BCUT2D eigenvalue weighted by atomic mass is 19.4. The first-order chi connectivity index (χ1) is 10.9. The molecule has 5 nitrogen and oxygen atoms in total. The van der Waals surface area contributed by atoms with E-state index in [0.717, 1.165) is 23.2 Å². The van der Waals surface area contributed by atoms with Gasteiger partial charge in [0.25, 0.3) is 11.8 Å². The van der Waals surface area contributed by atoms with Crippen molar-refractivity contribution in [2.24, 2.45) is 0 Å². The largest absolute Gasteiger partial charge is 0.465 e. The number of furan rings is 1. The maximum absolute atomic E-state index is 12.7. The second-order valence-electron chi connectivity index (χ2n) is 4.70. The second-order valence-corrected chi connectivity index (χ2v) is 4.70. The Morgan fingerprint density at radius 2 is 1.91 bits per heavy atom. The molecule has 0 aliphatic carbocycles. The summed E-state index contributed by atoms with van der Waals surface area (Å²) >= 11 is 0. The van der Waals surface area contributed by atoms with Crippen LogP contribution in [0.25, 0.3) is 6.08 Å². The number of benzene rings is 1. The van der Waals surface area contributed by atoms with Crippen LogP contribution in [0.15, 0.2) is 52.7 Å². The zero-order chi connectivity index (χ0) is 16.6. The molecule has 0 atom stereocenters. The zero-order valence-electron chi connectivity index (χ0n) is 11.4. The Morgan fingerprint density at radius 3 is 2.57 bits per heavy atom. The summed E-state index contributed by atoms with van der Waals surface area (Å²) in [5.74, 6) is -1.19. The van der Waals surface area contributed by atoms with Crippen LogP contribution < -0.4 is 10.4 Å². The lowest BCUT2D eigenvalue weighted by Crippen LogP contribution is -2.35. The molecule has 0 radical (unpaired) electrons. The monoisotopic (exact) mass is 322 g/mol. The van der Waals surface area contributed by atoms with Crippen LogP contribution in [0.2, 0.25) is 0 Å². The van der Waals surface area contributed by atoms with Crippen LogP contribution in [0.3, 0.4) is 0 Å². The van der Waals surface area contributed by atoms with Crippen LogP contribution in [0.4, 0.5) is 18.9 Å². The minimum Gasteiger partial charge on any atom is -0.465 e. The Hall–Kier alpha value is -3.03. The molecular weight excluding hydrogens is 313 g/mol. The fourth-order valence-electron chi connectivity index (χ4n) is 2.08. The molecule has 1 aliphatic rings. The molecule has 1 aromatic heterocycles. The molecule has 0 spiro atoms. The number of anilines is 1. The quantitative estimate of drug-likeness (QED) is 0.683. The highest BCUT2D eigenvalue weighted by molar-refractivity contribution is 6.31. The molecule has 0 bridgehead atoms. The summed E-state index contributed by atoms with van der Waals surface area (Å²) in [4.78, 5) is 24.1. The van der Waals surface area contributed by atoms with Gasteiger partial charge in [0.15, 0.2) is 0 Å². The standard InChI is InChI=1S/C15H9F3N2O3/c16-15(17,18)9-3-1-4-10(7-9)20-14(22)12(13(21)19-20)8-11-5-2-6-23-11/h1-8H,(H,19,21)/b12-8+. The van der Waals surface area contributed by atoms with Crippen molar-refractivity contribution >= 4 is 23.6 Å². The lowest BCUT2D eigenvalue weighted by atomic mass is 10.1. The topological polar surface area (TPSA) is 62.6 Å². The van der Waals surface area contributed by atoms with Crippen LogP contribution in [0.1, 0.15) is 11.3 Å². The minimum atomic E-state index is -4.55. The van der Waals surface area contributed by atoms with Crippen molar-refractivity contribution in [3.05, 3.63) is 59.6 Å². The molecule has 1 N–H and O–H groups in total. The van der Waals surface area contributed by atoms with Crippen LogP contribution >= 0.6 is 0 Å². The van der Waals surface area contributed by atoms with E-state index in [4.69, 9.17) is 4.42 Å². The highest BCUT2D eigenvalue weighted by Crippen LogP contribution is 2.32. The van der Waals surface area contributed by atoms with Gasteiger partial charge in [-0.2, -0.15) is 13.2 Å². The van der Waals surface area contributed by atoms with Gasteiger partial charge in [0.1, 0.15) is 11.3 Å². The van der Waals surface area contributed by atoms with Gasteiger partial charge in [-0.1, -0.05) is 6.07 Å². The van der Waals surface area contributed by atoms with E-state index in [1.807, 2.05) is 0 Å². The SMILES string of the molecule is O=C1NN(c2cccc(C(F)(F)F)c2)C(=O)/C1=C/c1ccco1. The van der Waals surface area contributed by atoms with Crippen molar-refractivity contribution in [1.82, 2.24) is 5.43 Å². The van der Waals surface area contributed by atoms with E-state index in [1.165, 1.54) is 18.4 Å². The molecule has 8 heteroatoms. The lowest BCUT2D eigenvalue weighted by Gasteiger charge is -2.16. The Morgan fingerprint density at radius 1 is 1.13 bits per heavy atom. The van der Waals surface area contributed by atoms with Gasteiger partial charge >= 0.3 is 6.18 Å². The Labute approximate surface area is 128 Å². The number of carbonyl (C=O) groups excluding carboxylic acids is 2. The summed E-state index contributed by atoms with van der Waals surface area (Å²) in [6.45, 7) is 0. The molecule has 23 heavy (non-hydrogen) atoms. The molecule has 2 heterocycles. The van der Waals surface area contributed by atoms with E-state index >= 15 is 0 Å². The van der Waals surface area contributed by atoms with E-state index in [9.17, 15) is 22.8 Å². The van der Waals surface area contributed by atoms with Crippen LogP contribution in [0.5, 0.6) is 0 Å². The molecule has 1 aromatic carbocycles. The van der Waals surface area contributed by atoms with Crippen molar-refractivity contribution < 1.29 is 27.2 Å². The molecule has 1 saturated heterocycles. The summed E-state index contributed by atoms with van der Waals surface area (Å²) < 4.78 is 43.2. The number of hydrazine groups is 1. The number of rotatable bonds is 2. The van der Waals surface area contributed by atoms with Gasteiger partial charge in [-0.15, -0.1) is 0 Å². The predicted octanol–water partition coefficient (Wildman–Crippen LogP) is 2.76. The molecule has 0 saturated carbocycles. The molecule has 0 unspecified atom stereocenters. The number of amides is 2. The molecule has 1 aliphatic heterocycles. The average Bonchev–Trinajstić information content (AvgIpc) is 3.10. The number of nitrogens with zero attached hydrogens (tertiary/aromatic N) is 1. The first kappa shape index (κ1) is 14.9. The average molecular weight is 322 g/mol. The van der Waals surface area contributed by atoms with Crippen LogP contribution in [0, 0.1) is 0 Å². The number of hydrogen-bond donors (Lipinski definition) is 1. The zero-order valence-corrected chi connectivity index (χ0v) is 11.4. The van der Waals surface area contributed by atoms with Crippen LogP contribution in [-0.2, 0) is 15.8 Å². The minimum absolute atomic E-state index is 0.0824. The summed E-state index contributed by atoms with van der Waals surface area (Å²) in [5, 5.41) is 0.770. The highest BCUT2D eigenvalue weighted by Gasteiger charge is 2.36. The first-order valence-electron chi connectivity index (χ1n) is 6.44. The second kappa shape index (κ2) is 5.31. The van der Waals surface area contributed by atoms with Gasteiger partial charge in [0, 0.05) is 0 Å². The maximum atomic E-state index is 12.7. The van der Waals surface area contributed by atoms with Crippen molar-refractivity contribution in [2.45, 2.75) is 6.18 Å². The van der Waals surface area contributed by atoms with E-state index in [0.29, 0.717) is 0 Å². The van der Waals surface area contributed by atoms with E-state index in [1.54, 1.807) is 12.1 Å². The summed E-state index contributed by atoms with van der Waals surface area (Å²) in [5.41, 5.74) is 1.01. The van der Waals surface area contributed by atoms with Crippen molar-refractivity contribution in [3.8, 4) is 0 Å². The summed E-state index contributed by atoms with van der Waals surface area (Å²) in [6.07, 6.45) is -1.95. The smallest absolute Gasteiger partial charge is 0.416 e. The van der Waals surface area contributed by atoms with Gasteiger partial charge in [-0.3, -0.25) is 15.0 Å². The van der Waals surface area contributed by atoms with Crippen molar-refractivity contribution in [3.63, 3.8) is 0 Å². The van der Waals surface area contributed by atoms with Crippen molar-refractivity contribution in [1.29, 1.82) is 0 Å². The number of alkyl halides is 3. The Balaban J connectivity index is 1.94. The third kappa shape index (κ3) is 2.83. The third-order valence-electron chi connectivity index (χ3n) is 3.15. The molecule has 1 fully saturated rings. The van der Waals surface area contributed by atoms with Crippen molar-refractivity contribution in [2.75, 3.05) is 5.01 Å². The number of nitrogens with one attached hydrogen (secondary N) is 1. The van der Waals surface area contributed by atoms with Gasteiger partial charge in [0.05, 0.1) is 17.5 Å². The Bertz CT molecular complexity index is 795. The third-order valence-corrected chi connectivity index (χ3v) is 3.15. The predicted molar refractivity (Wildman–Crippen MR) is 73.8 cm³/mol. The fourth-order valence-corrected chi connectivity index (χ4v) is 2.08. The van der Waals surface area contributed by atoms with E-state index in [-0.39, 0.29) is 17.0 Å². The van der Waals surface area contributed by atoms with Gasteiger partial charge in [-0.05, 0) is 36.4 Å². The molecule has 2 aromatic rings. The number of halogens is 3. The fraction of sp³-hybridized carbons (Fsp3) is 0.0667. The normalized spacial score (nSPS) is 17.0. The maximum Gasteiger partial charge on any atom is 0.416 e. The van der Waals surface area contributed by atoms with Gasteiger partial charge in [0.2, 0.25) is 0 Å². The molecule has 118 valence electrons. The number of carbonyl (C=O) groups is 2. The first-order valence-corrected chi connectivity index (χ1v) is 6.44. The van der Waals surface area contributed by atoms with Gasteiger partial charge in [-0.25, -0.2) is 5.01 Å². The number of hydrogen-bond acceptors (Lipinski definition) is 3. The summed E-state index contributed by atoms with van der Waals surface area (Å²) in [6, 6.07) is 7.24. The molecular formula is C15H9F3N2O3. The summed E-state index contributed by atoms with van der Waals surface area (Å²) in [7, 11) is 0. The lowest BCUT2D eigenvalue weighted by molar-refractivity contribution is -0.137. The van der Waals surface area contributed by atoms with E-state index in [2.05, 4.69) is 5.43 Å². The van der Waals surface area contributed by atoms with Crippen LogP contribution in [-0.4, -0.2) is 11.8 Å². The molecule has 3 rings (SSSR count). The van der Waals surface area contributed by atoms with E-state index < -0.39 is 23.6 Å².